The van der Waals surface area contributed by atoms with Gasteiger partial charge in [0.1, 0.15) is 11.7 Å². The number of amides is 1. The van der Waals surface area contributed by atoms with Gasteiger partial charge in [0.15, 0.2) is 0 Å². The summed E-state index contributed by atoms with van der Waals surface area (Å²) in [6.07, 6.45) is 0.397. The van der Waals surface area contributed by atoms with Gasteiger partial charge in [-0.1, -0.05) is 23.3 Å². The highest BCUT2D eigenvalue weighted by atomic mass is 16.2. The molecule has 1 aromatic rings. The summed E-state index contributed by atoms with van der Waals surface area (Å²) >= 11 is 0. The fourth-order valence-electron chi connectivity index (χ4n) is 3.01. The highest BCUT2D eigenvalue weighted by Crippen LogP contribution is 2.49. The number of carbonyl (C=O) groups is 1. The van der Waals surface area contributed by atoms with E-state index in [0.717, 1.165) is 11.3 Å². The molecule has 1 N–H and O–H groups in total. The maximum absolute atomic E-state index is 11.6. The molecule has 0 aliphatic carbocycles. The number of fused-ring (bicyclic) bond motifs is 3. The van der Waals surface area contributed by atoms with Gasteiger partial charge >= 0.3 is 0 Å². The SMILES string of the molecule is CC(=O)N1CCC2(N=[N+]=[N-])c3ccccc3NC12. The number of likely N-dealkylation sites (tertiary alicyclic amines) is 1. The van der Waals surface area contributed by atoms with E-state index in [0.29, 0.717) is 13.0 Å². The van der Waals surface area contributed by atoms with Crippen molar-refractivity contribution in [3.05, 3.63) is 40.3 Å². The molecular weight excluding hydrogens is 230 g/mol. The summed E-state index contributed by atoms with van der Waals surface area (Å²) in [5.41, 5.74) is 10.1. The zero-order valence-electron chi connectivity index (χ0n) is 10.00. The topological polar surface area (TPSA) is 81.1 Å². The van der Waals surface area contributed by atoms with E-state index in [1.807, 2.05) is 24.3 Å². The minimum Gasteiger partial charge on any atom is -0.364 e. The summed E-state index contributed by atoms with van der Waals surface area (Å²) in [5, 5.41) is 7.31. The molecule has 6 heteroatoms. The molecule has 92 valence electrons. The Morgan fingerprint density at radius 1 is 1.61 bits per heavy atom. The third kappa shape index (κ3) is 1.23. The van der Waals surface area contributed by atoms with Crippen molar-refractivity contribution in [2.24, 2.45) is 5.11 Å². The molecule has 2 unspecified atom stereocenters. The number of azide groups is 1. The molecule has 3 rings (SSSR count). The number of benzene rings is 1. The summed E-state index contributed by atoms with van der Waals surface area (Å²) < 4.78 is 0. The lowest BCUT2D eigenvalue weighted by atomic mass is 9.90. The van der Waals surface area contributed by atoms with Gasteiger partial charge in [-0.25, -0.2) is 0 Å². The second kappa shape index (κ2) is 3.65. The number of hydrogen-bond acceptors (Lipinski definition) is 3. The van der Waals surface area contributed by atoms with E-state index in [4.69, 9.17) is 5.53 Å². The van der Waals surface area contributed by atoms with Crippen molar-refractivity contribution in [3.63, 3.8) is 0 Å². The smallest absolute Gasteiger partial charge is 0.221 e. The average molecular weight is 243 g/mol. The monoisotopic (exact) mass is 243 g/mol. The summed E-state index contributed by atoms with van der Waals surface area (Å²) in [7, 11) is 0. The first kappa shape index (κ1) is 10.9. The number of anilines is 1. The van der Waals surface area contributed by atoms with E-state index in [-0.39, 0.29) is 12.1 Å². The van der Waals surface area contributed by atoms with Gasteiger partial charge in [0.25, 0.3) is 0 Å². The van der Waals surface area contributed by atoms with Crippen molar-refractivity contribution in [1.29, 1.82) is 0 Å². The van der Waals surface area contributed by atoms with Gasteiger partial charge in [-0.2, -0.15) is 0 Å². The van der Waals surface area contributed by atoms with Crippen LogP contribution in [0.15, 0.2) is 29.4 Å². The third-order valence-corrected chi connectivity index (χ3v) is 3.81. The number of carbonyl (C=O) groups excluding carboxylic acids is 1. The Kier molecular flexibility index (Phi) is 2.21. The lowest BCUT2D eigenvalue weighted by Gasteiger charge is -2.28. The van der Waals surface area contributed by atoms with E-state index >= 15 is 0 Å². The highest BCUT2D eigenvalue weighted by molar-refractivity contribution is 5.76. The average Bonchev–Trinajstić information content (AvgIpc) is 2.83. The van der Waals surface area contributed by atoms with Crippen molar-refractivity contribution in [1.82, 2.24) is 4.90 Å². The van der Waals surface area contributed by atoms with E-state index in [1.54, 1.807) is 4.90 Å². The first-order valence-electron chi connectivity index (χ1n) is 5.88. The standard InChI is InChI=1S/C12H13N5O/c1-8(18)17-7-6-12(15-16-13)9-4-2-3-5-10(9)14-11(12)17/h2-5,11,14H,6-7H2,1H3. The predicted octanol–water partition coefficient (Wildman–Crippen LogP) is 2.20. The summed E-state index contributed by atoms with van der Waals surface area (Å²) in [6, 6.07) is 7.75. The Hall–Kier alpha value is -2.20. The van der Waals surface area contributed by atoms with Gasteiger partial charge in [-0.3, -0.25) is 4.79 Å². The maximum Gasteiger partial charge on any atom is 0.221 e. The van der Waals surface area contributed by atoms with Crippen LogP contribution in [0.25, 0.3) is 10.4 Å². The van der Waals surface area contributed by atoms with Crippen molar-refractivity contribution in [2.45, 2.75) is 25.0 Å². The van der Waals surface area contributed by atoms with Crippen LogP contribution in [0, 0.1) is 0 Å². The molecule has 18 heavy (non-hydrogen) atoms. The van der Waals surface area contributed by atoms with Crippen LogP contribution in [0.4, 0.5) is 5.69 Å². The number of hydrogen-bond donors (Lipinski definition) is 1. The zero-order valence-corrected chi connectivity index (χ0v) is 10.00. The molecule has 0 aromatic heterocycles. The van der Waals surface area contributed by atoms with Crippen LogP contribution >= 0.6 is 0 Å². The van der Waals surface area contributed by atoms with Gasteiger partial charge in [-0.05, 0) is 23.6 Å². The molecule has 0 spiro atoms. The first-order chi connectivity index (χ1) is 8.69. The van der Waals surface area contributed by atoms with Crippen LogP contribution in [-0.2, 0) is 10.3 Å². The van der Waals surface area contributed by atoms with Gasteiger partial charge in [0.2, 0.25) is 5.91 Å². The summed E-state index contributed by atoms with van der Waals surface area (Å²) in [5.74, 6) is -0.00433. The Morgan fingerprint density at radius 2 is 2.39 bits per heavy atom. The molecule has 1 aromatic carbocycles. The Labute approximate surface area is 104 Å². The molecule has 0 radical (unpaired) electrons. The van der Waals surface area contributed by atoms with Crippen molar-refractivity contribution >= 4 is 11.6 Å². The fraction of sp³-hybridized carbons (Fsp3) is 0.417. The van der Waals surface area contributed by atoms with Crippen LogP contribution in [-0.4, -0.2) is 23.5 Å². The largest absolute Gasteiger partial charge is 0.364 e. The molecule has 1 fully saturated rings. The fourth-order valence-corrected chi connectivity index (χ4v) is 3.01. The van der Waals surface area contributed by atoms with Crippen LogP contribution in [0.3, 0.4) is 0 Å². The highest BCUT2D eigenvalue weighted by Gasteiger charge is 2.54. The van der Waals surface area contributed by atoms with Crippen molar-refractivity contribution in [3.8, 4) is 0 Å². The van der Waals surface area contributed by atoms with Gasteiger partial charge in [0.05, 0.1) is 0 Å². The number of rotatable bonds is 1. The van der Waals surface area contributed by atoms with Gasteiger partial charge < -0.3 is 10.2 Å². The Morgan fingerprint density at radius 3 is 3.11 bits per heavy atom. The lowest BCUT2D eigenvalue weighted by Crippen LogP contribution is -2.44. The minimum atomic E-state index is -0.656. The van der Waals surface area contributed by atoms with E-state index in [9.17, 15) is 4.79 Å². The maximum atomic E-state index is 11.6. The van der Waals surface area contributed by atoms with Gasteiger partial charge in [-0.15, -0.1) is 0 Å². The number of para-hydroxylation sites is 1. The molecule has 2 atom stereocenters. The predicted molar refractivity (Wildman–Crippen MR) is 66.7 cm³/mol. The minimum absolute atomic E-state index is 0.00433. The molecule has 1 saturated heterocycles. The Balaban J connectivity index is 2.15. The normalized spacial score (nSPS) is 28.1. The summed E-state index contributed by atoms with van der Waals surface area (Å²) in [4.78, 5) is 16.4. The van der Waals surface area contributed by atoms with Crippen LogP contribution in [0.5, 0.6) is 0 Å². The van der Waals surface area contributed by atoms with E-state index in [2.05, 4.69) is 15.3 Å². The molecule has 1 amide bonds. The van der Waals surface area contributed by atoms with E-state index in [1.165, 1.54) is 6.92 Å². The molecular formula is C12H13N5O. The van der Waals surface area contributed by atoms with Gasteiger partial charge in [0, 0.05) is 24.1 Å². The molecule has 0 bridgehead atoms. The number of nitrogens with one attached hydrogen (secondary N) is 1. The molecule has 2 aliphatic heterocycles. The second-order valence-corrected chi connectivity index (χ2v) is 4.67. The molecule has 2 heterocycles. The van der Waals surface area contributed by atoms with Crippen molar-refractivity contribution < 1.29 is 4.79 Å². The van der Waals surface area contributed by atoms with Crippen LogP contribution in [0.1, 0.15) is 18.9 Å². The van der Waals surface area contributed by atoms with Crippen molar-refractivity contribution in [2.75, 3.05) is 11.9 Å². The quantitative estimate of drug-likeness (QED) is 0.466. The van der Waals surface area contributed by atoms with Crippen LogP contribution in [0.2, 0.25) is 0 Å². The lowest BCUT2D eigenvalue weighted by molar-refractivity contribution is -0.129. The molecule has 0 saturated carbocycles. The molecule has 2 aliphatic rings. The Bertz CT molecular complexity index is 565. The molecule has 6 nitrogen and oxygen atoms in total. The third-order valence-electron chi connectivity index (χ3n) is 3.81. The second-order valence-electron chi connectivity index (χ2n) is 4.67. The first-order valence-corrected chi connectivity index (χ1v) is 5.88. The van der Waals surface area contributed by atoms with Crippen LogP contribution < -0.4 is 5.32 Å². The number of nitrogens with zero attached hydrogens (tertiary/aromatic N) is 4. The summed E-state index contributed by atoms with van der Waals surface area (Å²) in [6.45, 7) is 2.15. The zero-order chi connectivity index (χ0) is 12.8. The van der Waals surface area contributed by atoms with E-state index < -0.39 is 5.54 Å².